The second-order valence-corrected chi connectivity index (χ2v) is 7.08. The van der Waals surface area contributed by atoms with E-state index >= 15 is 0 Å². The molecule has 3 rings (SSSR count). The average Bonchev–Trinajstić information content (AvgIpc) is 3.11. The first-order valence-corrected chi connectivity index (χ1v) is 9.76. The van der Waals surface area contributed by atoms with Crippen LogP contribution < -0.4 is 14.8 Å². The summed E-state index contributed by atoms with van der Waals surface area (Å²) in [6, 6.07) is 12.5. The Morgan fingerprint density at radius 1 is 1.15 bits per heavy atom. The summed E-state index contributed by atoms with van der Waals surface area (Å²) in [6.07, 6.45) is 0. The van der Waals surface area contributed by atoms with Gasteiger partial charge in [0.15, 0.2) is 11.7 Å². The average molecular weight is 423 g/mol. The van der Waals surface area contributed by atoms with E-state index in [1.165, 1.54) is 11.3 Å². The molecule has 3 aromatic rings. The van der Waals surface area contributed by atoms with Crippen LogP contribution in [0.4, 0.5) is 5.13 Å². The molecule has 0 bridgehead atoms. The minimum absolute atomic E-state index is 0.204. The summed E-state index contributed by atoms with van der Waals surface area (Å²) in [6.45, 7) is 2.29. The Hall–Kier alpha value is -2.28. The van der Waals surface area contributed by atoms with Gasteiger partial charge in [-0.05, 0) is 31.2 Å². The normalized spacial score (nSPS) is 10.5. The minimum Gasteiger partial charge on any atom is -0.493 e. The zero-order valence-electron chi connectivity index (χ0n) is 14.4. The van der Waals surface area contributed by atoms with Crippen LogP contribution in [0.15, 0.2) is 47.8 Å². The van der Waals surface area contributed by atoms with Gasteiger partial charge in [-0.1, -0.05) is 35.3 Å². The van der Waals surface area contributed by atoms with E-state index in [2.05, 4.69) is 10.3 Å². The molecular weight excluding hydrogens is 407 g/mol. The van der Waals surface area contributed by atoms with Crippen LogP contribution in [0.5, 0.6) is 11.5 Å². The van der Waals surface area contributed by atoms with E-state index < -0.39 is 0 Å². The zero-order valence-corrected chi connectivity index (χ0v) is 16.7. The van der Waals surface area contributed by atoms with Crippen molar-refractivity contribution in [2.24, 2.45) is 0 Å². The van der Waals surface area contributed by atoms with Gasteiger partial charge in [0.2, 0.25) is 0 Å². The molecule has 1 aromatic heterocycles. The highest BCUT2D eigenvalue weighted by Gasteiger charge is 2.12. The number of para-hydroxylation sites is 1. The zero-order chi connectivity index (χ0) is 19.2. The Balaban J connectivity index is 1.64. The number of carbonyl (C=O) groups is 1. The van der Waals surface area contributed by atoms with Gasteiger partial charge in [-0.3, -0.25) is 10.1 Å². The quantitative estimate of drug-likeness (QED) is 0.543. The van der Waals surface area contributed by atoms with E-state index in [1.54, 1.807) is 18.2 Å². The Morgan fingerprint density at radius 3 is 2.78 bits per heavy atom. The monoisotopic (exact) mass is 422 g/mol. The number of carbonyl (C=O) groups excluding carboxylic acids is 1. The fourth-order valence-electron chi connectivity index (χ4n) is 2.30. The van der Waals surface area contributed by atoms with Crippen LogP contribution in [0.2, 0.25) is 10.0 Å². The summed E-state index contributed by atoms with van der Waals surface area (Å²) in [5.41, 5.74) is 1.61. The van der Waals surface area contributed by atoms with Crippen LogP contribution in [0.25, 0.3) is 11.3 Å². The van der Waals surface area contributed by atoms with Crippen LogP contribution in [0.3, 0.4) is 0 Å². The number of rotatable bonds is 7. The van der Waals surface area contributed by atoms with Crippen molar-refractivity contribution in [3.8, 4) is 22.8 Å². The molecule has 0 atom stereocenters. The lowest BCUT2D eigenvalue weighted by Crippen LogP contribution is -2.20. The molecule has 1 amide bonds. The molecule has 0 saturated heterocycles. The third kappa shape index (κ3) is 5.13. The van der Waals surface area contributed by atoms with Gasteiger partial charge in [0.05, 0.1) is 17.3 Å². The van der Waals surface area contributed by atoms with E-state index in [0.29, 0.717) is 27.5 Å². The van der Waals surface area contributed by atoms with Crippen molar-refractivity contribution in [2.75, 3.05) is 18.5 Å². The number of aromatic nitrogens is 1. The van der Waals surface area contributed by atoms with Gasteiger partial charge in [0.1, 0.15) is 11.5 Å². The fraction of sp³-hybridized carbons (Fsp3) is 0.158. The van der Waals surface area contributed by atoms with Gasteiger partial charge < -0.3 is 9.47 Å². The third-order valence-electron chi connectivity index (χ3n) is 3.47. The van der Waals surface area contributed by atoms with E-state index in [4.69, 9.17) is 32.7 Å². The summed E-state index contributed by atoms with van der Waals surface area (Å²) in [7, 11) is 0. The van der Waals surface area contributed by atoms with Crippen molar-refractivity contribution in [1.29, 1.82) is 0 Å². The number of hydrogen-bond donors (Lipinski definition) is 1. The molecule has 8 heteroatoms. The maximum Gasteiger partial charge on any atom is 0.264 e. The Morgan fingerprint density at radius 2 is 1.96 bits per heavy atom. The number of benzene rings is 2. The van der Waals surface area contributed by atoms with Crippen LogP contribution >= 0.6 is 34.5 Å². The Kier molecular flexibility index (Phi) is 6.55. The topological polar surface area (TPSA) is 60.5 Å². The van der Waals surface area contributed by atoms with Crippen LogP contribution in [0, 0.1) is 0 Å². The van der Waals surface area contributed by atoms with E-state index in [-0.39, 0.29) is 12.5 Å². The molecular formula is C19H16Cl2N2O3S. The molecule has 0 aliphatic carbocycles. The lowest BCUT2D eigenvalue weighted by Gasteiger charge is -2.08. The predicted octanol–water partition coefficient (Wildman–Crippen LogP) is 5.53. The summed E-state index contributed by atoms with van der Waals surface area (Å²) < 4.78 is 11.0. The van der Waals surface area contributed by atoms with E-state index in [1.807, 2.05) is 36.6 Å². The summed E-state index contributed by atoms with van der Waals surface area (Å²) in [5.74, 6) is 0.761. The van der Waals surface area contributed by atoms with Gasteiger partial charge in [-0.25, -0.2) is 4.98 Å². The number of thiazole rings is 1. The molecule has 0 aliphatic heterocycles. The number of nitrogens with one attached hydrogen (secondary N) is 1. The lowest BCUT2D eigenvalue weighted by atomic mass is 10.1. The third-order valence-corrected chi connectivity index (χ3v) is 4.77. The highest BCUT2D eigenvalue weighted by molar-refractivity contribution is 7.14. The number of anilines is 1. The summed E-state index contributed by atoms with van der Waals surface area (Å²) >= 11 is 13.2. The van der Waals surface area contributed by atoms with Crippen molar-refractivity contribution in [3.63, 3.8) is 0 Å². The minimum atomic E-state index is -0.343. The first-order chi connectivity index (χ1) is 13.1. The van der Waals surface area contributed by atoms with E-state index in [9.17, 15) is 4.79 Å². The van der Waals surface area contributed by atoms with E-state index in [0.717, 1.165) is 17.0 Å². The van der Waals surface area contributed by atoms with Gasteiger partial charge in [-0.2, -0.15) is 0 Å². The van der Waals surface area contributed by atoms with Crippen molar-refractivity contribution >= 4 is 45.6 Å². The number of amides is 1. The SMILES string of the molecule is CCOc1ccccc1-c1csc(NC(=O)COc2cc(Cl)ccc2Cl)n1. The largest absolute Gasteiger partial charge is 0.493 e. The maximum atomic E-state index is 12.1. The maximum absolute atomic E-state index is 12.1. The highest BCUT2D eigenvalue weighted by Crippen LogP contribution is 2.32. The summed E-state index contributed by atoms with van der Waals surface area (Å²) in [4.78, 5) is 16.6. The second kappa shape index (κ2) is 9.08. The molecule has 0 fully saturated rings. The molecule has 5 nitrogen and oxygen atoms in total. The first kappa shape index (κ1) is 19.5. The predicted molar refractivity (Wildman–Crippen MR) is 109 cm³/mol. The molecule has 0 saturated carbocycles. The van der Waals surface area contributed by atoms with Crippen molar-refractivity contribution in [3.05, 3.63) is 57.9 Å². The molecule has 0 radical (unpaired) electrons. The van der Waals surface area contributed by atoms with Gasteiger partial charge in [-0.15, -0.1) is 11.3 Å². The Bertz CT molecular complexity index is 946. The molecule has 27 heavy (non-hydrogen) atoms. The Labute approximate surface area is 170 Å². The smallest absolute Gasteiger partial charge is 0.264 e. The van der Waals surface area contributed by atoms with Gasteiger partial charge in [0, 0.05) is 22.0 Å². The molecule has 2 aromatic carbocycles. The number of halogens is 2. The van der Waals surface area contributed by atoms with Gasteiger partial charge >= 0.3 is 0 Å². The number of ether oxygens (including phenoxy) is 2. The molecule has 1 heterocycles. The van der Waals surface area contributed by atoms with Crippen molar-refractivity contribution in [2.45, 2.75) is 6.92 Å². The lowest BCUT2D eigenvalue weighted by molar-refractivity contribution is -0.118. The van der Waals surface area contributed by atoms with Crippen molar-refractivity contribution in [1.82, 2.24) is 4.98 Å². The second-order valence-electron chi connectivity index (χ2n) is 5.38. The first-order valence-electron chi connectivity index (χ1n) is 8.12. The molecule has 0 unspecified atom stereocenters. The number of hydrogen-bond acceptors (Lipinski definition) is 5. The standard InChI is InChI=1S/C19H16Cl2N2O3S/c1-2-25-16-6-4-3-5-13(16)15-11-27-19(22-15)23-18(24)10-26-17-9-12(20)7-8-14(17)21/h3-9,11H,2,10H2,1H3,(H,22,23,24). The van der Waals surface area contributed by atoms with Crippen LogP contribution in [-0.4, -0.2) is 24.1 Å². The van der Waals surface area contributed by atoms with Gasteiger partial charge in [0.25, 0.3) is 5.91 Å². The number of nitrogens with zero attached hydrogens (tertiary/aromatic N) is 1. The molecule has 0 spiro atoms. The highest BCUT2D eigenvalue weighted by atomic mass is 35.5. The fourth-order valence-corrected chi connectivity index (χ4v) is 3.36. The molecule has 0 aliphatic rings. The van der Waals surface area contributed by atoms with Crippen LogP contribution in [-0.2, 0) is 4.79 Å². The molecule has 1 N–H and O–H groups in total. The summed E-state index contributed by atoms with van der Waals surface area (Å²) in [5, 5.41) is 5.92. The van der Waals surface area contributed by atoms with Crippen LogP contribution in [0.1, 0.15) is 6.92 Å². The van der Waals surface area contributed by atoms with Crippen molar-refractivity contribution < 1.29 is 14.3 Å². The molecule has 140 valence electrons.